The molecule has 0 aliphatic carbocycles. The number of nitrogens with one attached hydrogen (secondary N) is 2. The lowest BCUT2D eigenvalue weighted by atomic mass is 10.3. The van der Waals surface area contributed by atoms with E-state index in [1.165, 1.54) is 12.1 Å². The molecular formula is C15H15BrN2O4S. The highest BCUT2D eigenvalue weighted by molar-refractivity contribution is 9.10. The molecule has 0 aliphatic rings. The normalized spacial score (nSPS) is 11.0. The molecule has 0 heterocycles. The highest BCUT2D eigenvalue weighted by Crippen LogP contribution is 2.15. The Balaban J connectivity index is 1.93. The number of halogens is 1. The van der Waals surface area contributed by atoms with E-state index in [0.29, 0.717) is 11.4 Å². The van der Waals surface area contributed by atoms with E-state index in [1.807, 2.05) is 0 Å². The van der Waals surface area contributed by atoms with Crippen LogP contribution in [0.3, 0.4) is 0 Å². The van der Waals surface area contributed by atoms with Crippen molar-refractivity contribution in [1.29, 1.82) is 0 Å². The van der Waals surface area contributed by atoms with Crippen LogP contribution in [-0.4, -0.2) is 28.0 Å². The predicted octanol–water partition coefficient (Wildman–Crippen LogP) is 2.37. The van der Waals surface area contributed by atoms with Crippen molar-refractivity contribution in [2.24, 2.45) is 0 Å². The largest absolute Gasteiger partial charge is 0.497 e. The van der Waals surface area contributed by atoms with Crippen LogP contribution >= 0.6 is 15.9 Å². The molecule has 2 N–H and O–H groups in total. The van der Waals surface area contributed by atoms with Gasteiger partial charge in [-0.2, -0.15) is 0 Å². The Morgan fingerprint density at radius 2 is 1.70 bits per heavy atom. The third kappa shape index (κ3) is 5.05. The number of amides is 1. The van der Waals surface area contributed by atoms with Gasteiger partial charge in [-0.25, -0.2) is 13.1 Å². The fourth-order valence-corrected chi connectivity index (χ4v) is 2.98. The molecule has 1 amide bonds. The number of carbonyl (C=O) groups excluding carboxylic acids is 1. The van der Waals surface area contributed by atoms with Crippen LogP contribution in [0.15, 0.2) is 57.9 Å². The Morgan fingerprint density at radius 1 is 1.09 bits per heavy atom. The standard InChI is InChI=1S/C15H15BrN2O4S/c1-22-13-6-4-12(5-7-13)18-15(19)10-17-23(20,21)14-8-2-11(16)3-9-14/h2-9,17H,10H2,1H3,(H,18,19). The van der Waals surface area contributed by atoms with Gasteiger partial charge in [0, 0.05) is 10.2 Å². The first-order valence-electron chi connectivity index (χ1n) is 6.60. The zero-order chi connectivity index (χ0) is 16.9. The summed E-state index contributed by atoms with van der Waals surface area (Å²) >= 11 is 3.23. The molecule has 2 rings (SSSR count). The van der Waals surface area contributed by atoms with E-state index >= 15 is 0 Å². The molecule has 23 heavy (non-hydrogen) atoms. The lowest BCUT2D eigenvalue weighted by Crippen LogP contribution is -2.32. The van der Waals surface area contributed by atoms with Crippen molar-refractivity contribution in [2.45, 2.75) is 4.90 Å². The summed E-state index contributed by atoms with van der Waals surface area (Å²) in [7, 11) is -2.18. The molecule has 0 saturated carbocycles. The van der Waals surface area contributed by atoms with E-state index in [-0.39, 0.29) is 11.4 Å². The monoisotopic (exact) mass is 398 g/mol. The van der Waals surface area contributed by atoms with Crippen LogP contribution in [0, 0.1) is 0 Å². The summed E-state index contributed by atoms with van der Waals surface area (Å²) in [6, 6.07) is 12.9. The lowest BCUT2D eigenvalue weighted by molar-refractivity contribution is -0.115. The maximum Gasteiger partial charge on any atom is 0.241 e. The Bertz CT molecular complexity index is 774. The van der Waals surface area contributed by atoms with Gasteiger partial charge in [0.2, 0.25) is 15.9 Å². The maximum atomic E-state index is 12.1. The minimum Gasteiger partial charge on any atom is -0.497 e. The number of methoxy groups -OCH3 is 1. The molecule has 0 spiro atoms. The third-order valence-corrected chi connectivity index (χ3v) is 4.87. The number of hydrogen-bond donors (Lipinski definition) is 2. The molecule has 0 fully saturated rings. The fourth-order valence-electron chi connectivity index (χ4n) is 1.74. The van der Waals surface area contributed by atoms with Crippen molar-refractivity contribution in [3.05, 3.63) is 53.0 Å². The van der Waals surface area contributed by atoms with Crippen LogP contribution in [0.2, 0.25) is 0 Å². The van der Waals surface area contributed by atoms with Gasteiger partial charge in [0.25, 0.3) is 0 Å². The van der Waals surface area contributed by atoms with E-state index in [2.05, 4.69) is 26.0 Å². The molecule has 122 valence electrons. The van der Waals surface area contributed by atoms with Gasteiger partial charge in [-0.15, -0.1) is 0 Å². The molecule has 0 unspecified atom stereocenters. The first kappa shape index (κ1) is 17.5. The predicted molar refractivity (Wildman–Crippen MR) is 91.0 cm³/mol. The lowest BCUT2D eigenvalue weighted by Gasteiger charge is -2.08. The van der Waals surface area contributed by atoms with Gasteiger partial charge in [0.05, 0.1) is 18.6 Å². The van der Waals surface area contributed by atoms with E-state index in [4.69, 9.17) is 4.74 Å². The smallest absolute Gasteiger partial charge is 0.241 e. The van der Waals surface area contributed by atoms with Gasteiger partial charge in [0.15, 0.2) is 0 Å². The van der Waals surface area contributed by atoms with Crippen LogP contribution in [0.25, 0.3) is 0 Å². The SMILES string of the molecule is COc1ccc(NC(=O)CNS(=O)(=O)c2ccc(Br)cc2)cc1. The maximum absolute atomic E-state index is 12.1. The number of rotatable bonds is 6. The van der Waals surface area contributed by atoms with Gasteiger partial charge in [0.1, 0.15) is 5.75 Å². The van der Waals surface area contributed by atoms with Gasteiger partial charge in [-0.05, 0) is 48.5 Å². The topological polar surface area (TPSA) is 84.5 Å². The number of ether oxygens (including phenoxy) is 1. The van der Waals surface area contributed by atoms with Crippen molar-refractivity contribution in [3.8, 4) is 5.75 Å². The van der Waals surface area contributed by atoms with Gasteiger partial charge in [-0.3, -0.25) is 4.79 Å². The van der Waals surface area contributed by atoms with Crippen molar-refractivity contribution in [3.63, 3.8) is 0 Å². The second kappa shape index (κ2) is 7.58. The minimum atomic E-state index is -3.73. The Morgan fingerprint density at radius 3 is 2.26 bits per heavy atom. The summed E-state index contributed by atoms with van der Waals surface area (Å²) in [5.41, 5.74) is 0.554. The number of sulfonamides is 1. The summed E-state index contributed by atoms with van der Waals surface area (Å²) in [5, 5.41) is 2.60. The quantitative estimate of drug-likeness (QED) is 0.781. The highest BCUT2D eigenvalue weighted by atomic mass is 79.9. The molecule has 0 saturated heterocycles. The molecular weight excluding hydrogens is 384 g/mol. The van der Waals surface area contributed by atoms with Crippen molar-refractivity contribution >= 4 is 37.5 Å². The van der Waals surface area contributed by atoms with E-state index in [1.54, 1.807) is 43.5 Å². The molecule has 6 nitrogen and oxygen atoms in total. The van der Waals surface area contributed by atoms with E-state index < -0.39 is 15.9 Å². The average molecular weight is 399 g/mol. The van der Waals surface area contributed by atoms with Crippen LogP contribution in [-0.2, 0) is 14.8 Å². The molecule has 0 aliphatic heterocycles. The summed E-state index contributed by atoms with van der Waals surface area (Å²) < 4.78 is 32.2. The number of benzene rings is 2. The Labute approximate surface area is 143 Å². The van der Waals surface area contributed by atoms with Crippen LogP contribution in [0.1, 0.15) is 0 Å². The third-order valence-electron chi connectivity index (χ3n) is 2.92. The Hall–Kier alpha value is -1.90. The summed E-state index contributed by atoms with van der Waals surface area (Å²) in [6.45, 7) is -0.357. The van der Waals surface area contributed by atoms with E-state index in [0.717, 1.165) is 4.47 Å². The second-order valence-corrected chi connectivity index (χ2v) is 7.24. The molecule has 0 atom stereocenters. The van der Waals surface area contributed by atoms with E-state index in [9.17, 15) is 13.2 Å². The number of carbonyl (C=O) groups is 1. The van der Waals surface area contributed by atoms with Crippen molar-refractivity contribution < 1.29 is 17.9 Å². The molecule has 2 aromatic carbocycles. The van der Waals surface area contributed by atoms with Crippen molar-refractivity contribution in [1.82, 2.24) is 4.72 Å². The summed E-state index contributed by atoms with van der Waals surface area (Å²) in [4.78, 5) is 11.9. The van der Waals surface area contributed by atoms with Crippen LogP contribution in [0.5, 0.6) is 5.75 Å². The highest BCUT2D eigenvalue weighted by Gasteiger charge is 2.15. The molecule has 0 aromatic heterocycles. The van der Waals surface area contributed by atoms with Gasteiger partial charge < -0.3 is 10.1 Å². The van der Waals surface area contributed by atoms with Gasteiger partial charge >= 0.3 is 0 Å². The minimum absolute atomic E-state index is 0.0953. The summed E-state index contributed by atoms with van der Waals surface area (Å²) in [5.74, 6) is 0.204. The van der Waals surface area contributed by atoms with Gasteiger partial charge in [-0.1, -0.05) is 15.9 Å². The molecule has 2 aromatic rings. The van der Waals surface area contributed by atoms with Crippen LogP contribution < -0.4 is 14.8 Å². The molecule has 8 heteroatoms. The molecule has 0 bridgehead atoms. The fraction of sp³-hybridized carbons (Fsp3) is 0.133. The average Bonchev–Trinajstić information content (AvgIpc) is 2.54. The number of anilines is 1. The second-order valence-electron chi connectivity index (χ2n) is 4.56. The van der Waals surface area contributed by atoms with Crippen LogP contribution in [0.4, 0.5) is 5.69 Å². The Kier molecular flexibility index (Phi) is 5.75. The molecule has 0 radical (unpaired) electrons. The zero-order valence-electron chi connectivity index (χ0n) is 12.2. The first-order valence-corrected chi connectivity index (χ1v) is 8.87. The summed E-state index contributed by atoms with van der Waals surface area (Å²) in [6.07, 6.45) is 0. The first-order chi connectivity index (χ1) is 10.9. The number of hydrogen-bond acceptors (Lipinski definition) is 4. The zero-order valence-corrected chi connectivity index (χ0v) is 14.6. The van der Waals surface area contributed by atoms with Crippen molar-refractivity contribution in [2.75, 3.05) is 19.0 Å².